The molecule has 0 unspecified atom stereocenters. The predicted molar refractivity (Wildman–Crippen MR) is 96.0 cm³/mol. The van der Waals surface area contributed by atoms with Crippen molar-refractivity contribution in [3.8, 4) is 5.75 Å². The van der Waals surface area contributed by atoms with E-state index >= 15 is 0 Å². The number of benzene rings is 1. The fourth-order valence-corrected chi connectivity index (χ4v) is 4.06. The van der Waals surface area contributed by atoms with Crippen LogP contribution in [0.25, 0.3) is 0 Å². The van der Waals surface area contributed by atoms with E-state index in [1.165, 1.54) is 0 Å². The number of aliphatic carboxylic acids is 1. The van der Waals surface area contributed by atoms with E-state index in [2.05, 4.69) is 4.90 Å². The molecule has 1 N–H and O–H groups in total. The fourth-order valence-electron chi connectivity index (χ4n) is 2.81. The normalized spacial score (nSPS) is 16.7. The topological polar surface area (TPSA) is 87.2 Å². The highest BCUT2D eigenvalue weighted by Gasteiger charge is 2.21. The van der Waals surface area contributed by atoms with Gasteiger partial charge >= 0.3 is 5.97 Å². The van der Waals surface area contributed by atoms with Gasteiger partial charge in [0.1, 0.15) is 11.5 Å². The monoisotopic (exact) mass is 390 g/mol. The summed E-state index contributed by atoms with van der Waals surface area (Å²) in [6, 6.07) is 5.53. The van der Waals surface area contributed by atoms with Crippen LogP contribution in [-0.2, 0) is 21.2 Å². The maximum atomic E-state index is 11.6. The Bertz CT molecular complexity index is 702. The number of hydrogen-bond donors (Lipinski definition) is 1. The Kier molecular flexibility index (Phi) is 7.06. The summed E-state index contributed by atoms with van der Waals surface area (Å²) in [6.07, 6.45) is 0. The average Bonchev–Trinajstić information content (AvgIpc) is 2.53. The van der Waals surface area contributed by atoms with Gasteiger partial charge in [0.05, 0.1) is 12.9 Å². The van der Waals surface area contributed by atoms with E-state index in [0.29, 0.717) is 11.6 Å². The van der Waals surface area contributed by atoms with E-state index in [4.69, 9.17) is 21.4 Å². The van der Waals surface area contributed by atoms with Crippen LogP contribution in [0, 0.1) is 0 Å². The SMILES string of the molecule is COc1ccc(Cl)cc1CN1CCN(CCS(=O)(=O)CC(=O)O)CC1. The Morgan fingerprint density at radius 2 is 1.88 bits per heavy atom. The molecule has 1 aromatic rings. The fraction of sp³-hybridized carbons (Fsp3) is 0.562. The van der Waals surface area contributed by atoms with E-state index in [9.17, 15) is 13.2 Å². The van der Waals surface area contributed by atoms with E-state index in [-0.39, 0.29) is 5.75 Å². The lowest BCUT2D eigenvalue weighted by Crippen LogP contribution is -2.47. The third-order valence-corrected chi connectivity index (χ3v) is 5.89. The maximum absolute atomic E-state index is 11.6. The Morgan fingerprint density at radius 1 is 1.24 bits per heavy atom. The van der Waals surface area contributed by atoms with Gasteiger partial charge in [-0.1, -0.05) is 11.6 Å². The molecule has 0 bridgehead atoms. The van der Waals surface area contributed by atoms with Crippen LogP contribution in [0.3, 0.4) is 0 Å². The zero-order chi connectivity index (χ0) is 18.4. The third kappa shape index (κ3) is 6.47. The molecule has 0 saturated carbocycles. The molecule has 0 aliphatic carbocycles. The summed E-state index contributed by atoms with van der Waals surface area (Å²) in [6.45, 7) is 4.17. The van der Waals surface area contributed by atoms with Crippen molar-refractivity contribution in [2.45, 2.75) is 6.54 Å². The van der Waals surface area contributed by atoms with Gasteiger partial charge in [0.15, 0.2) is 9.84 Å². The minimum absolute atomic E-state index is 0.124. The first-order valence-corrected chi connectivity index (χ1v) is 10.2. The molecule has 1 aromatic carbocycles. The third-order valence-electron chi connectivity index (χ3n) is 4.16. The van der Waals surface area contributed by atoms with Crippen molar-refractivity contribution in [2.75, 3.05) is 51.3 Å². The number of sulfone groups is 1. The van der Waals surface area contributed by atoms with Crippen LogP contribution >= 0.6 is 11.6 Å². The minimum atomic E-state index is -3.54. The molecule has 7 nitrogen and oxygen atoms in total. The van der Waals surface area contributed by atoms with Crippen LogP contribution in [0.15, 0.2) is 18.2 Å². The van der Waals surface area contributed by atoms with E-state index in [0.717, 1.165) is 44.0 Å². The molecule has 1 heterocycles. The van der Waals surface area contributed by atoms with Gasteiger partial charge in [0.25, 0.3) is 0 Å². The van der Waals surface area contributed by atoms with E-state index < -0.39 is 21.6 Å². The van der Waals surface area contributed by atoms with Gasteiger partial charge < -0.3 is 9.84 Å². The van der Waals surface area contributed by atoms with Gasteiger partial charge in [-0.2, -0.15) is 0 Å². The second kappa shape index (κ2) is 8.84. The van der Waals surface area contributed by atoms with Gasteiger partial charge in [-0.3, -0.25) is 14.6 Å². The summed E-state index contributed by atoms with van der Waals surface area (Å²) < 4.78 is 28.7. The van der Waals surface area contributed by atoms with Crippen molar-refractivity contribution in [1.82, 2.24) is 9.80 Å². The Hall–Kier alpha value is -1.35. The molecule has 9 heteroatoms. The zero-order valence-corrected chi connectivity index (χ0v) is 15.7. The van der Waals surface area contributed by atoms with Crippen LogP contribution < -0.4 is 4.74 Å². The van der Waals surface area contributed by atoms with Gasteiger partial charge in [0, 0.05) is 49.9 Å². The summed E-state index contributed by atoms with van der Waals surface area (Å²) >= 11 is 6.05. The molecule has 2 rings (SSSR count). The van der Waals surface area contributed by atoms with E-state index in [1.54, 1.807) is 13.2 Å². The number of carboxylic acids is 1. The first-order valence-electron chi connectivity index (χ1n) is 7.98. The molecular formula is C16H23ClN2O5S. The maximum Gasteiger partial charge on any atom is 0.318 e. The molecule has 1 fully saturated rings. The molecule has 25 heavy (non-hydrogen) atoms. The van der Waals surface area contributed by atoms with E-state index in [1.807, 2.05) is 17.0 Å². The largest absolute Gasteiger partial charge is 0.496 e. The second-order valence-corrected chi connectivity index (χ2v) is 8.68. The molecule has 0 aromatic heterocycles. The lowest BCUT2D eigenvalue weighted by atomic mass is 10.1. The number of halogens is 1. The Balaban J connectivity index is 1.82. The number of rotatable bonds is 8. The van der Waals surface area contributed by atoms with Gasteiger partial charge in [0.2, 0.25) is 0 Å². The number of nitrogens with zero attached hydrogens (tertiary/aromatic N) is 2. The van der Waals surface area contributed by atoms with Crippen molar-refractivity contribution in [2.24, 2.45) is 0 Å². The average molecular weight is 391 g/mol. The highest BCUT2D eigenvalue weighted by atomic mass is 35.5. The van der Waals surface area contributed by atoms with Crippen molar-refractivity contribution >= 4 is 27.4 Å². The molecule has 0 radical (unpaired) electrons. The lowest BCUT2D eigenvalue weighted by Gasteiger charge is -2.34. The number of ether oxygens (including phenoxy) is 1. The quantitative estimate of drug-likeness (QED) is 0.707. The summed E-state index contributed by atoms with van der Waals surface area (Å²) in [4.78, 5) is 14.8. The molecule has 140 valence electrons. The highest BCUT2D eigenvalue weighted by Crippen LogP contribution is 2.24. The molecule has 1 aliphatic heterocycles. The lowest BCUT2D eigenvalue weighted by molar-refractivity contribution is -0.134. The van der Waals surface area contributed by atoms with Gasteiger partial charge in [-0.15, -0.1) is 0 Å². The number of carbonyl (C=O) groups is 1. The van der Waals surface area contributed by atoms with Gasteiger partial charge in [-0.25, -0.2) is 8.42 Å². The first-order chi connectivity index (χ1) is 11.8. The minimum Gasteiger partial charge on any atom is -0.496 e. The van der Waals surface area contributed by atoms with Crippen molar-refractivity contribution < 1.29 is 23.1 Å². The molecule has 1 aliphatic rings. The van der Waals surface area contributed by atoms with Crippen LogP contribution in [0.4, 0.5) is 0 Å². The number of piperazine rings is 1. The molecular weight excluding hydrogens is 368 g/mol. The number of carboxylic acid groups (broad SMARTS) is 1. The zero-order valence-electron chi connectivity index (χ0n) is 14.1. The second-order valence-electron chi connectivity index (χ2n) is 6.06. The summed E-state index contributed by atoms with van der Waals surface area (Å²) in [7, 11) is -1.91. The number of methoxy groups -OCH3 is 1. The molecule has 0 spiro atoms. The molecule has 0 atom stereocenters. The highest BCUT2D eigenvalue weighted by molar-refractivity contribution is 7.92. The summed E-state index contributed by atoms with van der Waals surface area (Å²) in [5.41, 5.74) is 1.02. The number of hydrogen-bond acceptors (Lipinski definition) is 6. The molecule has 1 saturated heterocycles. The Morgan fingerprint density at radius 3 is 2.48 bits per heavy atom. The van der Waals surface area contributed by atoms with Gasteiger partial charge in [-0.05, 0) is 18.2 Å². The smallest absolute Gasteiger partial charge is 0.318 e. The van der Waals surface area contributed by atoms with Crippen LogP contribution in [-0.4, -0.2) is 80.6 Å². The predicted octanol–water partition coefficient (Wildman–Crippen LogP) is 0.966. The molecule has 0 amide bonds. The van der Waals surface area contributed by atoms with Crippen LogP contribution in [0.5, 0.6) is 5.75 Å². The van der Waals surface area contributed by atoms with Crippen LogP contribution in [0.1, 0.15) is 5.56 Å². The summed E-state index contributed by atoms with van der Waals surface area (Å²) in [5.74, 6) is -1.44. The van der Waals surface area contributed by atoms with Crippen molar-refractivity contribution in [1.29, 1.82) is 0 Å². The summed E-state index contributed by atoms with van der Waals surface area (Å²) in [5, 5.41) is 9.27. The first kappa shape index (κ1) is 20.0. The Labute approximate surface area is 153 Å². The van der Waals surface area contributed by atoms with Crippen molar-refractivity contribution in [3.05, 3.63) is 28.8 Å². The van der Waals surface area contributed by atoms with Crippen molar-refractivity contribution in [3.63, 3.8) is 0 Å². The van der Waals surface area contributed by atoms with Crippen LogP contribution in [0.2, 0.25) is 5.02 Å². The standard InChI is InChI=1S/C16H23ClN2O5S/c1-24-15-3-2-14(17)10-13(15)11-19-6-4-18(5-7-19)8-9-25(22,23)12-16(20)21/h2-3,10H,4-9,11-12H2,1H3,(H,20,21).